The van der Waals surface area contributed by atoms with Crippen molar-refractivity contribution in [3.8, 4) is 0 Å². The van der Waals surface area contributed by atoms with Crippen molar-refractivity contribution >= 4 is 11.8 Å². The molecule has 1 atom stereocenters. The highest BCUT2D eigenvalue weighted by atomic mass is 19.1. The third-order valence-corrected chi connectivity index (χ3v) is 7.17. The first kappa shape index (κ1) is 25.6. The molecule has 0 saturated heterocycles. The second-order valence-corrected chi connectivity index (χ2v) is 9.94. The molecule has 188 valence electrons. The van der Waals surface area contributed by atoms with Gasteiger partial charge < -0.3 is 10.2 Å². The van der Waals surface area contributed by atoms with Gasteiger partial charge in [-0.3, -0.25) is 9.59 Å². The summed E-state index contributed by atoms with van der Waals surface area (Å²) < 4.78 is 13.6. The van der Waals surface area contributed by atoms with Crippen molar-refractivity contribution in [3.63, 3.8) is 0 Å². The molecule has 4 nitrogen and oxygen atoms in total. The third-order valence-electron chi connectivity index (χ3n) is 7.17. The van der Waals surface area contributed by atoms with Gasteiger partial charge in [0.25, 0.3) is 0 Å². The molecule has 0 aliphatic heterocycles. The van der Waals surface area contributed by atoms with E-state index >= 15 is 0 Å². The fourth-order valence-electron chi connectivity index (χ4n) is 4.90. The van der Waals surface area contributed by atoms with Crippen LogP contribution in [0.2, 0.25) is 0 Å². The number of hydrogen-bond donors (Lipinski definition) is 1. The van der Waals surface area contributed by atoms with Crippen LogP contribution in [0.4, 0.5) is 4.39 Å². The van der Waals surface area contributed by atoms with Gasteiger partial charge in [0.1, 0.15) is 11.9 Å². The van der Waals surface area contributed by atoms with Crippen LogP contribution in [0.5, 0.6) is 0 Å². The van der Waals surface area contributed by atoms with E-state index in [4.69, 9.17) is 0 Å². The molecule has 0 aromatic heterocycles. The van der Waals surface area contributed by atoms with Crippen LogP contribution in [0.1, 0.15) is 53.5 Å². The monoisotopic (exact) mass is 486 g/mol. The molecule has 0 bridgehead atoms. The summed E-state index contributed by atoms with van der Waals surface area (Å²) in [5, 5.41) is 3.22. The zero-order valence-corrected chi connectivity index (χ0v) is 21.2. The molecule has 1 aliphatic carbocycles. The number of nitrogens with one attached hydrogen (secondary N) is 1. The minimum Gasteiger partial charge on any atom is -0.352 e. The van der Waals surface area contributed by atoms with Crippen LogP contribution in [0.3, 0.4) is 0 Å². The van der Waals surface area contributed by atoms with Gasteiger partial charge in [-0.15, -0.1) is 0 Å². The van der Waals surface area contributed by atoms with E-state index in [-0.39, 0.29) is 36.6 Å². The second-order valence-electron chi connectivity index (χ2n) is 9.94. The third kappa shape index (κ3) is 6.81. The Balaban J connectivity index is 1.66. The minimum absolute atomic E-state index is 0.120. The summed E-state index contributed by atoms with van der Waals surface area (Å²) in [6, 6.07) is 21.5. The Bertz CT molecular complexity index is 1170. The quantitative estimate of drug-likeness (QED) is 0.423. The maximum atomic E-state index is 13.8. The highest BCUT2D eigenvalue weighted by molar-refractivity contribution is 5.89. The molecule has 0 unspecified atom stereocenters. The summed E-state index contributed by atoms with van der Waals surface area (Å²) in [7, 11) is 0. The van der Waals surface area contributed by atoms with Crippen LogP contribution < -0.4 is 5.32 Å². The van der Waals surface area contributed by atoms with E-state index in [1.165, 1.54) is 17.7 Å². The van der Waals surface area contributed by atoms with Gasteiger partial charge in [-0.25, -0.2) is 4.39 Å². The van der Waals surface area contributed by atoms with Crippen molar-refractivity contribution in [2.45, 2.75) is 71.0 Å². The van der Waals surface area contributed by atoms with E-state index in [1.807, 2.05) is 62.4 Å². The van der Waals surface area contributed by atoms with Crippen LogP contribution in [0, 0.1) is 19.7 Å². The number of aryl methyl sites for hydroxylation is 2. The molecule has 1 fully saturated rings. The van der Waals surface area contributed by atoms with Crippen LogP contribution in [0.25, 0.3) is 0 Å². The number of halogens is 1. The molecule has 4 rings (SSSR count). The van der Waals surface area contributed by atoms with E-state index in [2.05, 4.69) is 5.32 Å². The first-order valence-electron chi connectivity index (χ1n) is 12.8. The predicted octanol–water partition coefficient (Wildman–Crippen LogP) is 5.68. The van der Waals surface area contributed by atoms with Gasteiger partial charge in [-0.1, -0.05) is 73.5 Å². The van der Waals surface area contributed by atoms with Gasteiger partial charge in [0.2, 0.25) is 11.8 Å². The molecular formula is C31H35FN2O2. The minimum atomic E-state index is -0.669. The van der Waals surface area contributed by atoms with Crippen molar-refractivity contribution in [3.05, 3.63) is 106 Å². The molecule has 0 spiro atoms. The van der Waals surface area contributed by atoms with Crippen molar-refractivity contribution in [1.82, 2.24) is 10.2 Å². The first-order valence-corrected chi connectivity index (χ1v) is 12.8. The van der Waals surface area contributed by atoms with Crippen LogP contribution >= 0.6 is 0 Å². The maximum Gasteiger partial charge on any atom is 0.243 e. The fraction of sp³-hybridized carbons (Fsp3) is 0.355. The second kappa shape index (κ2) is 12.0. The number of carbonyl (C=O) groups excluding carboxylic acids is 2. The van der Waals surface area contributed by atoms with Crippen LogP contribution in [-0.4, -0.2) is 28.8 Å². The number of amides is 2. The van der Waals surface area contributed by atoms with Crippen molar-refractivity contribution in [2.24, 2.45) is 0 Å². The average molecular weight is 487 g/mol. The predicted molar refractivity (Wildman–Crippen MR) is 141 cm³/mol. The van der Waals surface area contributed by atoms with Gasteiger partial charge >= 0.3 is 0 Å². The van der Waals surface area contributed by atoms with Crippen molar-refractivity contribution < 1.29 is 14.0 Å². The van der Waals surface area contributed by atoms with E-state index in [1.54, 1.807) is 17.0 Å². The van der Waals surface area contributed by atoms with Gasteiger partial charge in [-0.05, 0) is 66.6 Å². The Morgan fingerprint density at radius 3 is 2.22 bits per heavy atom. The van der Waals surface area contributed by atoms with E-state index in [0.29, 0.717) is 6.42 Å². The zero-order valence-electron chi connectivity index (χ0n) is 21.2. The highest BCUT2D eigenvalue weighted by Gasteiger charge is 2.32. The average Bonchev–Trinajstić information content (AvgIpc) is 3.38. The molecule has 1 aliphatic rings. The smallest absolute Gasteiger partial charge is 0.243 e. The molecule has 0 heterocycles. The van der Waals surface area contributed by atoms with E-state index in [0.717, 1.165) is 47.9 Å². The summed E-state index contributed by atoms with van der Waals surface area (Å²) in [6.45, 7) is 4.32. The lowest BCUT2D eigenvalue weighted by Crippen LogP contribution is -2.52. The lowest BCUT2D eigenvalue weighted by Gasteiger charge is -2.32. The van der Waals surface area contributed by atoms with Crippen LogP contribution in [-0.2, 0) is 29.0 Å². The molecule has 3 aromatic rings. The summed E-state index contributed by atoms with van der Waals surface area (Å²) in [4.78, 5) is 29.2. The lowest BCUT2D eigenvalue weighted by molar-refractivity contribution is -0.141. The van der Waals surface area contributed by atoms with Gasteiger partial charge in [-0.2, -0.15) is 0 Å². The number of benzene rings is 3. The maximum absolute atomic E-state index is 13.8. The number of hydrogen-bond acceptors (Lipinski definition) is 2. The standard InChI is InChI=1S/C31H35FN2O2/c1-22-12-13-26(18-23(22)2)20-30(35)34(21-25-14-16-27(32)17-15-25)29(19-24-8-4-3-5-9-24)31(36)33-28-10-6-7-11-28/h3-5,8-9,12-18,28-29H,6-7,10-11,19-21H2,1-2H3,(H,33,36)/t29-/m1/s1. The molecule has 3 aromatic carbocycles. The summed E-state index contributed by atoms with van der Waals surface area (Å²) in [5.41, 5.74) is 5.00. The van der Waals surface area contributed by atoms with Gasteiger partial charge in [0, 0.05) is 19.0 Å². The number of rotatable bonds is 9. The SMILES string of the molecule is Cc1ccc(CC(=O)N(Cc2ccc(F)cc2)[C@H](Cc2ccccc2)C(=O)NC2CCCC2)cc1C. The number of nitrogens with zero attached hydrogens (tertiary/aromatic N) is 1. The Morgan fingerprint density at radius 2 is 1.56 bits per heavy atom. The zero-order chi connectivity index (χ0) is 25.5. The lowest BCUT2D eigenvalue weighted by atomic mass is 10.00. The van der Waals surface area contributed by atoms with Crippen molar-refractivity contribution in [1.29, 1.82) is 0 Å². The molecule has 0 radical (unpaired) electrons. The van der Waals surface area contributed by atoms with E-state index in [9.17, 15) is 14.0 Å². The molecule has 36 heavy (non-hydrogen) atoms. The number of carbonyl (C=O) groups is 2. The largest absolute Gasteiger partial charge is 0.352 e. The van der Waals surface area contributed by atoms with Crippen LogP contribution in [0.15, 0.2) is 72.8 Å². The fourth-order valence-corrected chi connectivity index (χ4v) is 4.90. The molecule has 1 N–H and O–H groups in total. The highest BCUT2D eigenvalue weighted by Crippen LogP contribution is 2.21. The summed E-state index contributed by atoms with van der Waals surface area (Å²) >= 11 is 0. The molecular weight excluding hydrogens is 451 g/mol. The normalized spacial score (nSPS) is 14.4. The molecule has 5 heteroatoms. The molecule has 2 amide bonds. The Kier molecular flexibility index (Phi) is 8.52. The Labute approximate surface area is 213 Å². The summed E-state index contributed by atoms with van der Waals surface area (Å²) in [6.07, 6.45) is 4.78. The van der Waals surface area contributed by atoms with Gasteiger partial charge in [0.15, 0.2) is 0 Å². The Morgan fingerprint density at radius 1 is 0.889 bits per heavy atom. The Hall–Kier alpha value is -3.47. The topological polar surface area (TPSA) is 49.4 Å². The summed E-state index contributed by atoms with van der Waals surface area (Å²) in [5.74, 6) is -0.571. The van der Waals surface area contributed by atoms with E-state index < -0.39 is 6.04 Å². The van der Waals surface area contributed by atoms with Gasteiger partial charge in [0.05, 0.1) is 6.42 Å². The molecule has 1 saturated carbocycles. The first-order chi connectivity index (χ1) is 17.4. The van der Waals surface area contributed by atoms with Crippen molar-refractivity contribution in [2.75, 3.05) is 0 Å².